The molecule has 1 fully saturated rings. The molecule has 1 heterocycles. The van der Waals surface area contributed by atoms with Crippen molar-refractivity contribution in [2.45, 2.75) is 25.8 Å². The van der Waals surface area contributed by atoms with E-state index in [2.05, 4.69) is 0 Å². The van der Waals surface area contributed by atoms with Crippen LogP contribution in [0.2, 0.25) is 0 Å². The number of rotatable bonds is 3. The SMILES string of the molecule is Cc1ccc(N2C(=O)CC2CC(=O)O)cc1. The van der Waals surface area contributed by atoms with E-state index in [4.69, 9.17) is 5.11 Å². The molecule has 1 saturated heterocycles. The Labute approximate surface area is 93.5 Å². The Balaban J connectivity index is 2.15. The minimum atomic E-state index is -0.866. The van der Waals surface area contributed by atoms with E-state index < -0.39 is 5.97 Å². The fourth-order valence-corrected chi connectivity index (χ4v) is 1.91. The fourth-order valence-electron chi connectivity index (χ4n) is 1.91. The van der Waals surface area contributed by atoms with Gasteiger partial charge in [0.05, 0.1) is 12.5 Å². The van der Waals surface area contributed by atoms with Crippen molar-refractivity contribution in [3.8, 4) is 0 Å². The van der Waals surface area contributed by atoms with Gasteiger partial charge in [-0.1, -0.05) is 17.7 Å². The highest BCUT2D eigenvalue weighted by Gasteiger charge is 2.38. The third-order valence-corrected chi connectivity index (χ3v) is 2.77. The Morgan fingerprint density at radius 3 is 2.56 bits per heavy atom. The van der Waals surface area contributed by atoms with Crippen LogP contribution in [0, 0.1) is 6.92 Å². The molecule has 1 aromatic rings. The predicted octanol–water partition coefficient (Wildman–Crippen LogP) is 1.58. The van der Waals surface area contributed by atoms with Crippen molar-refractivity contribution in [2.24, 2.45) is 0 Å². The number of carbonyl (C=O) groups is 2. The van der Waals surface area contributed by atoms with Crippen LogP contribution in [-0.4, -0.2) is 23.0 Å². The van der Waals surface area contributed by atoms with E-state index in [1.807, 2.05) is 31.2 Å². The Kier molecular flexibility index (Phi) is 2.64. The van der Waals surface area contributed by atoms with Gasteiger partial charge in [-0.15, -0.1) is 0 Å². The third kappa shape index (κ3) is 1.91. The lowest BCUT2D eigenvalue weighted by Gasteiger charge is -2.39. The zero-order valence-electron chi connectivity index (χ0n) is 9.01. The van der Waals surface area contributed by atoms with Gasteiger partial charge in [0.1, 0.15) is 0 Å². The first-order valence-electron chi connectivity index (χ1n) is 5.18. The van der Waals surface area contributed by atoms with Gasteiger partial charge in [-0.3, -0.25) is 9.59 Å². The number of nitrogens with zero attached hydrogens (tertiary/aromatic N) is 1. The Bertz CT molecular complexity index is 424. The highest BCUT2D eigenvalue weighted by molar-refractivity contribution is 6.01. The zero-order chi connectivity index (χ0) is 11.7. The van der Waals surface area contributed by atoms with Crippen LogP contribution in [0.5, 0.6) is 0 Å². The highest BCUT2D eigenvalue weighted by Crippen LogP contribution is 2.29. The molecule has 0 aromatic heterocycles. The molecular weight excluding hydrogens is 206 g/mol. The molecule has 84 valence electrons. The number of hydrogen-bond acceptors (Lipinski definition) is 2. The average Bonchev–Trinajstić information content (AvgIpc) is 2.20. The molecule has 0 saturated carbocycles. The number of β-lactam (4-membered cyclic amide) rings is 1. The summed E-state index contributed by atoms with van der Waals surface area (Å²) in [5.41, 5.74) is 1.90. The second-order valence-electron chi connectivity index (χ2n) is 4.06. The number of carboxylic acids is 1. The molecule has 1 aliphatic rings. The molecule has 0 spiro atoms. The molecule has 0 aliphatic carbocycles. The lowest BCUT2D eigenvalue weighted by molar-refractivity contribution is -0.138. The maximum Gasteiger partial charge on any atom is 0.305 e. The first-order chi connectivity index (χ1) is 7.58. The van der Waals surface area contributed by atoms with Gasteiger partial charge in [0.15, 0.2) is 0 Å². The van der Waals surface area contributed by atoms with Gasteiger partial charge in [0.2, 0.25) is 5.91 Å². The van der Waals surface area contributed by atoms with Crippen molar-refractivity contribution in [1.82, 2.24) is 0 Å². The maximum atomic E-state index is 11.4. The Morgan fingerprint density at radius 1 is 1.44 bits per heavy atom. The van der Waals surface area contributed by atoms with Gasteiger partial charge in [-0.05, 0) is 19.1 Å². The van der Waals surface area contributed by atoms with Crippen LogP contribution in [0.25, 0.3) is 0 Å². The molecule has 0 radical (unpaired) electrons. The summed E-state index contributed by atoms with van der Waals surface area (Å²) in [4.78, 5) is 23.6. The van der Waals surface area contributed by atoms with E-state index in [-0.39, 0.29) is 18.4 Å². The van der Waals surface area contributed by atoms with Crippen molar-refractivity contribution >= 4 is 17.6 Å². The van der Waals surface area contributed by atoms with E-state index in [9.17, 15) is 9.59 Å². The molecule has 16 heavy (non-hydrogen) atoms. The number of anilines is 1. The largest absolute Gasteiger partial charge is 0.481 e. The molecule has 1 aliphatic heterocycles. The molecular formula is C12H13NO3. The normalized spacial score (nSPS) is 19.4. The molecule has 0 bridgehead atoms. The quantitative estimate of drug-likeness (QED) is 0.785. The predicted molar refractivity (Wildman–Crippen MR) is 59.3 cm³/mol. The number of benzene rings is 1. The topological polar surface area (TPSA) is 57.6 Å². The summed E-state index contributed by atoms with van der Waals surface area (Å²) in [6.07, 6.45) is 0.347. The van der Waals surface area contributed by atoms with Gasteiger partial charge in [-0.2, -0.15) is 0 Å². The average molecular weight is 219 g/mol. The Hall–Kier alpha value is -1.84. The number of amides is 1. The molecule has 1 unspecified atom stereocenters. The summed E-state index contributed by atoms with van der Waals surface area (Å²) in [6.45, 7) is 1.97. The first-order valence-corrected chi connectivity index (χ1v) is 5.18. The molecule has 4 heteroatoms. The summed E-state index contributed by atoms with van der Waals surface area (Å²) >= 11 is 0. The minimum Gasteiger partial charge on any atom is -0.481 e. The summed E-state index contributed by atoms with van der Waals surface area (Å²) < 4.78 is 0. The number of hydrogen-bond donors (Lipinski definition) is 1. The standard InChI is InChI=1S/C12H13NO3/c1-8-2-4-9(5-3-8)13-10(6-11(13)14)7-12(15)16/h2-5,10H,6-7H2,1H3,(H,15,16). The van der Waals surface area contributed by atoms with Crippen LogP contribution in [-0.2, 0) is 9.59 Å². The number of aliphatic carboxylic acids is 1. The third-order valence-electron chi connectivity index (χ3n) is 2.77. The summed E-state index contributed by atoms with van der Waals surface area (Å²) in [7, 11) is 0. The molecule has 1 amide bonds. The number of aryl methyl sites for hydroxylation is 1. The zero-order valence-corrected chi connectivity index (χ0v) is 9.01. The molecule has 4 nitrogen and oxygen atoms in total. The summed E-state index contributed by atoms with van der Waals surface area (Å²) in [5.74, 6) is -0.871. The molecule has 1 N–H and O–H groups in total. The second-order valence-corrected chi connectivity index (χ2v) is 4.06. The van der Waals surface area contributed by atoms with Crippen LogP contribution in [0.1, 0.15) is 18.4 Å². The van der Waals surface area contributed by atoms with Crippen molar-refractivity contribution in [3.05, 3.63) is 29.8 Å². The van der Waals surface area contributed by atoms with Gasteiger partial charge in [0, 0.05) is 12.1 Å². The molecule has 1 aromatic carbocycles. The maximum absolute atomic E-state index is 11.4. The van der Waals surface area contributed by atoms with E-state index in [1.54, 1.807) is 4.90 Å². The molecule has 2 rings (SSSR count). The number of carbonyl (C=O) groups excluding carboxylic acids is 1. The van der Waals surface area contributed by atoms with Crippen LogP contribution < -0.4 is 4.90 Å². The van der Waals surface area contributed by atoms with E-state index in [0.717, 1.165) is 11.3 Å². The van der Waals surface area contributed by atoms with E-state index >= 15 is 0 Å². The molecule has 1 atom stereocenters. The van der Waals surface area contributed by atoms with Crippen molar-refractivity contribution in [2.75, 3.05) is 4.90 Å². The van der Waals surface area contributed by atoms with Crippen LogP contribution in [0.4, 0.5) is 5.69 Å². The van der Waals surface area contributed by atoms with Gasteiger partial charge in [0.25, 0.3) is 0 Å². The van der Waals surface area contributed by atoms with Gasteiger partial charge >= 0.3 is 5.97 Å². The van der Waals surface area contributed by atoms with Crippen LogP contribution in [0.3, 0.4) is 0 Å². The monoisotopic (exact) mass is 219 g/mol. The van der Waals surface area contributed by atoms with E-state index in [1.165, 1.54) is 0 Å². The minimum absolute atomic E-state index is 0.00453. The summed E-state index contributed by atoms with van der Waals surface area (Å²) in [5, 5.41) is 8.71. The lowest BCUT2D eigenvalue weighted by Crippen LogP contribution is -2.53. The first kappa shape index (κ1) is 10.7. The lowest BCUT2D eigenvalue weighted by atomic mass is 9.97. The van der Waals surface area contributed by atoms with Crippen LogP contribution >= 0.6 is 0 Å². The van der Waals surface area contributed by atoms with E-state index in [0.29, 0.717) is 6.42 Å². The highest BCUT2D eigenvalue weighted by atomic mass is 16.4. The fraction of sp³-hybridized carbons (Fsp3) is 0.333. The van der Waals surface area contributed by atoms with Crippen LogP contribution in [0.15, 0.2) is 24.3 Å². The second kappa shape index (κ2) is 3.96. The van der Waals surface area contributed by atoms with Crippen molar-refractivity contribution < 1.29 is 14.7 Å². The Morgan fingerprint density at radius 2 is 2.06 bits per heavy atom. The number of carboxylic acid groups (broad SMARTS) is 1. The smallest absolute Gasteiger partial charge is 0.305 e. The van der Waals surface area contributed by atoms with Gasteiger partial charge in [-0.25, -0.2) is 0 Å². The summed E-state index contributed by atoms with van der Waals surface area (Å²) in [6, 6.07) is 7.34. The van der Waals surface area contributed by atoms with Crippen molar-refractivity contribution in [3.63, 3.8) is 0 Å². The van der Waals surface area contributed by atoms with Gasteiger partial charge < -0.3 is 10.0 Å². The van der Waals surface area contributed by atoms with Crippen molar-refractivity contribution in [1.29, 1.82) is 0 Å².